The Balaban J connectivity index is 1.90. The van der Waals surface area contributed by atoms with Gasteiger partial charge < -0.3 is 5.32 Å². The highest BCUT2D eigenvalue weighted by molar-refractivity contribution is 5.63. The van der Waals surface area contributed by atoms with Crippen LogP contribution in [0.25, 0.3) is 0 Å². The number of nitro groups is 1. The molecule has 0 saturated heterocycles. The molecular formula is C15H21FN2O2. The molecule has 0 amide bonds. The molecule has 5 heteroatoms. The van der Waals surface area contributed by atoms with Gasteiger partial charge in [0, 0.05) is 6.54 Å². The third-order valence-corrected chi connectivity index (χ3v) is 4.05. The fourth-order valence-corrected chi connectivity index (χ4v) is 2.88. The second kappa shape index (κ2) is 6.68. The van der Waals surface area contributed by atoms with E-state index in [-0.39, 0.29) is 5.69 Å². The van der Waals surface area contributed by atoms with Crippen molar-refractivity contribution in [3.63, 3.8) is 0 Å². The number of hydrogen-bond donors (Lipinski definition) is 1. The SMILES string of the molecule is Cc1cc(NCCCC2CCCC2)c([N+](=O)[O-])cc1F. The van der Waals surface area contributed by atoms with Crippen molar-refractivity contribution in [2.45, 2.75) is 45.4 Å². The lowest BCUT2D eigenvalue weighted by Crippen LogP contribution is -2.07. The van der Waals surface area contributed by atoms with Crippen molar-refractivity contribution in [3.8, 4) is 0 Å². The molecule has 1 aromatic carbocycles. The molecule has 0 aromatic heterocycles. The van der Waals surface area contributed by atoms with Gasteiger partial charge in [-0.15, -0.1) is 0 Å². The van der Waals surface area contributed by atoms with Gasteiger partial charge in [0.1, 0.15) is 11.5 Å². The summed E-state index contributed by atoms with van der Waals surface area (Å²) in [7, 11) is 0. The predicted octanol–water partition coefficient (Wildman–Crippen LogP) is 4.42. The van der Waals surface area contributed by atoms with Crippen LogP contribution >= 0.6 is 0 Å². The zero-order chi connectivity index (χ0) is 14.5. The molecule has 0 bridgehead atoms. The lowest BCUT2D eigenvalue weighted by atomic mass is 10.0. The lowest BCUT2D eigenvalue weighted by Gasteiger charge is -2.11. The second-order valence-electron chi connectivity index (χ2n) is 5.60. The highest BCUT2D eigenvalue weighted by Crippen LogP contribution is 2.30. The molecule has 1 aromatic rings. The molecule has 0 atom stereocenters. The number of benzene rings is 1. The van der Waals surface area contributed by atoms with E-state index >= 15 is 0 Å². The number of halogens is 1. The van der Waals surface area contributed by atoms with Crippen molar-refractivity contribution in [3.05, 3.63) is 33.6 Å². The molecule has 0 spiro atoms. The van der Waals surface area contributed by atoms with Crippen LogP contribution < -0.4 is 5.32 Å². The molecule has 2 rings (SSSR count). The highest BCUT2D eigenvalue weighted by Gasteiger charge is 2.17. The zero-order valence-electron chi connectivity index (χ0n) is 11.8. The van der Waals surface area contributed by atoms with Crippen LogP contribution in [0.5, 0.6) is 0 Å². The van der Waals surface area contributed by atoms with Crippen molar-refractivity contribution in [2.24, 2.45) is 5.92 Å². The van der Waals surface area contributed by atoms with Crippen LogP contribution in [-0.4, -0.2) is 11.5 Å². The number of nitro benzene ring substituents is 1. The summed E-state index contributed by atoms with van der Waals surface area (Å²) in [5, 5.41) is 14.0. The quantitative estimate of drug-likeness (QED) is 0.476. The monoisotopic (exact) mass is 280 g/mol. The summed E-state index contributed by atoms with van der Waals surface area (Å²) in [6.07, 6.45) is 7.46. The Morgan fingerprint density at radius 1 is 1.40 bits per heavy atom. The first-order chi connectivity index (χ1) is 9.58. The highest BCUT2D eigenvalue weighted by atomic mass is 19.1. The molecule has 110 valence electrons. The standard InChI is InChI=1S/C15H21FN2O2/c1-11-9-14(15(18(19)20)10-13(11)16)17-8-4-7-12-5-2-3-6-12/h9-10,12,17H,2-8H2,1H3. The van der Waals surface area contributed by atoms with E-state index in [9.17, 15) is 14.5 Å². The summed E-state index contributed by atoms with van der Waals surface area (Å²) < 4.78 is 13.4. The first-order valence-electron chi connectivity index (χ1n) is 7.26. The van der Waals surface area contributed by atoms with Crippen LogP contribution in [0.15, 0.2) is 12.1 Å². The molecule has 1 saturated carbocycles. The molecule has 0 unspecified atom stereocenters. The van der Waals surface area contributed by atoms with Gasteiger partial charge in [-0.2, -0.15) is 0 Å². The van der Waals surface area contributed by atoms with Crippen molar-refractivity contribution < 1.29 is 9.31 Å². The van der Waals surface area contributed by atoms with E-state index < -0.39 is 10.7 Å². The molecule has 0 heterocycles. The van der Waals surface area contributed by atoms with E-state index in [1.165, 1.54) is 38.2 Å². The van der Waals surface area contributed by atoms with Crippen LogP contribution in [0.2, 0.25) is 0 Å². The third kappa shape index (κ3) is 3.68. The van der Waals surface area contributed by atoms with Gasteiger partial charge in [0.2, 0.25) is 0 Å². The smallest absolute Gasteiger partial charge is 0.295 e. The van der Waals surface area contributed by atoms with Crippen molar-refractivity contribution in [2.75, 3.05) is 11.9 Å². The van der Waals surface area contributed by atoms with Gasteiger partial charge in [-0.1, -0.05) is 25.7 Å². The van der Waals surface area contributed by atoms with E-state index in [0.29, 0.717) is 17.8 Å². The third-order valence-electron chi connectivity index (χ3n) is 4.05. The van der Waals surface area contributed by atoms with E-state index in [1.54, 1.807) is 6.92 Å². The van der Waals surface area contributed by atoms with Gasteiger partial charge in [-0.05, 0) is 37.3 Å². The van der Waals surface area contributed by atoms with Gasteiger partial charge in [-0.25, -0.2) is 4.39 Å². The number of nitrogens with zero attached hydrogens (tertiary/aromatic N) is 1. The topological polar surface area (TPSA) is 55.2 Å². The summed E-state index contributed by atoms with van der Waals surface area (Å²) in [6.45, 7) is 2.31. The average Bonchev–Trinajstić information content (AvgIpc) is 2.91. The predicted molar refractivity (Wildman–Crippen MR) is 77.5 cm³/mol. The normalized spacial score (nSPS) is 15.5. The minimum atomic E-state index is -0.540. The maximum atomic E-state index is 13.4. The first-order valence-corrected chi connectivity index (χ1v) is 7.26. The summed E-state index contributed by atoms with van der Waals surface area (Å²) in [4.78, 5) is 10.4. The molecule has 4 nitrogen and oxygen atoms in total. The first kappa shape index (κ1) is 14.8. The van der Waals surface area contributed by atoms with Crippen LogP contribution in [0.3, 0.4) is 0 Å². The summed E-state index contributed by atoms with van der Waals surface area (Å²) in [5.74, 6) is 0.287. The number of rotatable bonds is 6. The molecule has 1 fully saturated rings. The maximum absolute atomic E-state index is 13.4. The van der Waals surface area contributed by atoms with Crippen LogP contribution in [0.4, 0.5) is 15.8 Å². The van der Waals surface area contributed by atoms with E-state index in [2.05, 4.69) is 5.32 Å². The van der Waals surface area contributed by atoms with Crippen molar-refractivity contribution >= 4 is 11.4 Å². The Hall–Kier alpha value is -1.65. The Bertz CT molecular complexity index is 485. The van der Waals surface area contributed by atoms with Gasteiger partial charge >= 0.3 is 0 Å². The van der Waals surface area contributed by atoms with Crippen molar-refractivity contribution in [1.29, 1.82) is 0 Å². The molecule has 1 aliphatic rings. The van der Waals surface area contributed by atoms with Gasteiger partial charge in [0.05, 0.1) is 11.0 Å². The number of nitrogens with one attached hydrogen (secondary N) is 1. The molecule has 20 heavy (non-hydrogen) atoms. The summed E-state index contributed by atoms with van der Waals surface area (Å²) >= 11 is 0. The number of aryl methyl sites for hydroxylation is 1. The van der Waals surface area contributed by atoms with Crippen LogP contribution in [0.1, 0.15) is 44.1 Å². The van der Waals surface area contributed by atoms with E-state index in [4.69, 9.17) is 0 Å². The lowest BCUT2D eigenvalue weighted by molar-refractivity contribution is -0.384. The largest absolute Gasteiger partial charge is 0.379 e. The Morgan fingerprint density at radius 3 is 2.75 bits per heavy atom. The number of hydrogen-bond acceptors (Lipinski definition) is 3. The van der Waals surface area contributed by atoms with Crippen LogP contribution in [-0.2, 0) is 0 Å². The Labute approximate surface area is 118 Å². The maximum Gasteiger partial charge on any atom is 0.295 e. The number of anilines is 1. The molecule has 0 radical (unpaired) electrons. The van der Waals surface area contributed by atoms with E-state index in [0.717, 1.165) is 18.4 Å². The molecule has 1 aliphatic carbocycles. The Kier molecular flexibility index (Phi) is 4.93. The van der Waals surface area contributed by atoms with Crippen LogP contribution in [0, 0.1) is 28.8 Å². The van der Waals surface area contributed by atoms with Gasteiger partial charge in [0.25, 0.3) is 5.69 Å². The molecule has 0 aliphatic heterocycles. The van der Waals surface area contributed by atoms with Gasteiger partial charge in [0.15, 0.2) is 0 Å². The average molecular weight is 280 g/mol. The molecule has 1 N–H and O–H groups in total. The van der Waals surface area contributed by atoms with E-state index in [1.807, 2.05) is 0 Å². The summed E-state index contributed by atoms with van der Waals surface area (Å²) in [6, 6.07) is 2.51. The Morgan fingerprint density at radius 2 is 2.10 bits per heavy atom. The summed E-state index contributed by atoms with van der Waals surface area (Å²) in [5.41, 5.74) is 0.656. The van der Waals surface area contributed by atoms with Crippen molar-refractivity contribution in [1.82, 2.24) is 0 Å². The molecular weight excluding hydrogens is 259 g/mol. The minimum Gasteiger partial charge on any atom is -0.379 e. The fourth-order valence-electron chi connectivity index (χ4n) is 2.88. The minimum absolute atomic E-state index is 0.186. The van der Waals surface area contributed by atoms with Gasteiger partial charge in [-0.3, -0.25) is 10.1 Å². The second-order valence-corrected chi connectivity index (χ2v) is 5.60. The zero-order valence-corrected chi connectivity index (χ0v) is 11.8. The fraction of sp³-hybridized carbons (Fsp3) is 0.600.